The lowest BCUT2D eigenvalue weighted by molar-refractivity contribution is -0.144. The van der Waals surface area contributed by atoms with Crippen molar-refractivity contribution in [3.63, 3.8) is 0 Å². The number of halogens is 3. The quantitative estimate of drug-likeness (QED) is 0.193. The van der Waals surface area contributed by atoms with Crippen molar-refractivity contribution in [2.75, 3.05) is 54.4 Å². The van der Waals surface area contributed by atoms with Gasteiger partial charge in [-0.05, 0) is 69.3 Å². The van der Waals surface area contributed by atoms with Gasteiger partial charge in [0.1, 0.15) is 17.7 Å². The van der Waals surface area contributed by atoms with Crippen LogP contribution in [-0.2, 0) is 15.8 Å². The van der Waals surface area contributed by atoms with Gasteiger partial charge in [0.05, 0.1) is 11.6 Å². The molecule has 1 unspecified atom stereocenters. The van der Waals surface area contributed by atoms with E-state index in [1.807, 2.05) is 17.1 Å². The molecule has 2 aliphatic heterocycles. The molecule has 17 heteroatoms. The predicted molar refractivity (Wildman–Crippen MR) is 185 cm³/mol. The fraction of sp³-hybridized carbons (Fsp3) is 0.543. The molecule has 0 aromatic carbocycles. The molecule has 3 aliphatic rings. The van der Waals surface area contributed by atoms with Gasteiger partial charge in [0.25, 0.3) is 0 Å². The zero-order valence-electron chi connectivity index (χ0n) is 28.7. The number of rotatable bonds is 15. The largest absolute Gasteiger partial charge is 0.478 e. The summed E-state index contributed by atoms with van der Waals surface area (Å²) in [5.74, 6) is -1.63. The smallest absolute Gasteiger partial charge is 0.451 e. The number of aromatic carboxylic acids is 1. The fourth-order valence-corrected chi connectivity index (χ4v) is 6.63. The summed E-state index contributed by atoms with van der Waals surface area (Å²) in [6.45, 7) is 2.55. The topological polar surface area (TPSA) is 189 Å². The van der Waals surface area contributed by atoms with Crippen LogP contribution in [-0.4, -0.2) is 88.1 Å². The van der Waals surface area contributed by atoms with Crippen LogP contribution in [0.5, 0.6) is 0 Å². The standard InChI is InChI=1S/C35H43F3N10O4/c36-35(37,38)33-45-28(19-29(46-33)48-16-2-4-27(48)31(50)41-13-10-24-6-8-25(20-39)9-7-24)47-17-11-23(12-18-47)3-1-5-30(49)40-14-15-42-34-43-21-26(22-44-34)32(51)52/h6,8-9,19,21-24,27H,1-5,7,10-18H2,(H,40,49)(H,41,50)(H,51,52)(H,42,43,44)/t24?,27-/m0/s1. The number of piperidine rings is 1. The van der Waals surface area contributed by atoms with Gasteiger partial charge in [0, 0.05) is 69.7 Å². The zero-order chi connectivity index (χ0) is 37.1. The van der Waals surface area contributed by atoms with Crippen LogP contribution in [0.15, 0.2) is 42.3 Å². The Hall–Kier alpha value is -5.27. The number of hydrogen-bond acceptors (Lipinski definition) is 11. The molecular weight excluding hydrogens is 681 g/mol. The molecule has 2 atom stereocenters. The lowest BCUT2D eigenvalue weighted by Crippen LogP contribution is -2.44. The number of carboxylic acids is 1. The number of nitrogens with one attached hydrogen (secondary N) is 3. The summed E-state index contributed by atoms with van der Waals surface area (Å²) < 4.78 is 42.0. The van der Waals surface area contributed by atoms with E-state index in [1.54, 1.807) is 17.0 Å². The van der Waals surface area contributed by atoms with E-state index >= 15 is 0 Å². The van der Waals surface area contributed by atoms with Crippen molar-refractivity contribution >= 4 is 35.4 Å². The summed E-state index contributed by atoms with van der Waals surface area (Å²) in [7, 11) is 0. The first-order valence-corrected chi connectivity index (χ1v) is 17.6. The van der Waals surface area contributed by atoms with E-state index in [1.165, 1.54) is 12.4 Å². The van der Waals surface area contributed by atoms with E-state index in [9.17, 15) is 27.6 Å². The number of nitrogens with zero attached hydrogens (tertiary/aromatic N) is 7. The number of carbonyl (C=O) groups excluding carboxylic acids is 2. The second kappa shape index (κ2) is 17.8. The molecule has 0 bridgehead atoms. The van der Waals surface area contributed by atoms with E-state index in [2.05, 4.69) is 42.0 Å². The number of hydrogen-bond donors (Lipinski definition) is 4. The Morgan fingerprint density at radius 2 is 1.73 bits per heavy atom. The second-order valence-corrected chi connectivity index (χ2v) is 13.2. The summed E-state index contributed by atoms with van der Waals surface area (Å²) in [6, 6.07) is 3.03. The van der Waals surface area contributed by atoms with Crippen LogP contribution in [0.25, 0.3) is 0 Å². The highest BCUT2D eigenvalue weighted by molar-refractivity contribution is 5.87. The van der Waals surface area contributed by atoms with E-state index in [0.717, 1.165) is 25.7 Å². The van der Waals surface area contributed by atoms with Crippen molar-refractivity contribution in [1.29, 1.82) is 5.26 Å². The first-order valence-electron chi connectivity index (χ1n) is 17.6. The summed E-state index contributed by atoms with van der Waals surface area (Å²) in [5.41, 5.74) is 0.600. The molecule has 2 aromatic rings. The maximum atomic E-state index is 14.0. The lowest BCUT2D eigenvalue weighted by atomic mass is 9.91. The molecule has 2 aromatic heterocycles. The molecule has 14 nitrogen and oxygen atoms in total. The third-order valence-electron chi connectivity index (χ3n) is 9.52. The molecule has 52 heavy (non-hydrogen) atoms. The van der Waals surface area contributed by atoms with Crippen LogP contribution in [0.2, 0.25) is 0 Å². The average molecular weight is 725 g/mol. The van der Waals surface area contributed by atoms with Crippen LogP contribution >= 0.6 is 0 Å². The molecule has 2 amide bonds. The molecule has 278 valence electrons. The van der Waals surface area contributed by atoms with Crippen molar-refractivity contribution in [1.82, 2.24) is 30.6 Å². The van der Waals surface area contributed by atoms with Crippen molar-refractivity contribution in [3.05, 3.63) is 53.6 Å². The summed E-state index contributed by atoms with van der Waals surface area (Å²) in [6.07, 6.45) is 9.11. The number of anilines is 3. The average Bonchev–Trinajstić information content (AvgIpc) is 3.64. The third kappa shape index (κ3) is 10.6. The molecule has 0 radical (unpaired) electrons. The first-order chi connectivity index (χ1) is 25.0. The number of amides is 2. The number of aromatic nitrogens is 4. The summed E-state index contributed by atoms with van der Waals surface area (Å²) >= 11 is 0. The Labute approximate surface area is 299 Å². The molecule has 5 rings (SSSR count). The molecule has 0 saturated carbocycles. The Kier molecular flexibility index (Phi) is 13.0. The van der Waals surface area contributed by atoms with E-state index in [-0.39, 0.29) is 40.9 Å². The van der Waals surface area contributed by atoms with Gasteiger partial charge in [0.15, 0.2) is 0 Å². The third-order valence-corrected chi connectivity index (χ3v) is 9.52. The monoisotopic (exact) mass is 724 g/mol. The Balaban J connectivity index is 1.07. The van der Waals surface area contributed by atoms with Crippen molar-refractivity contribution in [3.8, 4) is 6.07 Å². The van der Waals surface area contributed by atoms with Gasteiger partial charge in [0.2, 0.25) is 23.6 Å². The molecule has 0 spiro atoms. The van der Waals surface area contributed by atoms with E-state index in [4.69, 9.17) is 10.4 Å². The number of allylic oxidation sites excluding steroid dienone is 4. The number of carboxylic acid groups (broad SMARTS) is 1. The predicted octanol–water partition coefficient (Wildman–Crippen LogP) is 4.10. The SMILES string of the molecule is N#CC1=CCC(CCNC(=O)[C@@H]2CCCN2c2cc(N3CCC(CCCC(=O)NCCNc4ncc(C(=O)O)cn4)CC3)nc(C(F)(F)F)n2)C=C1. The van der Waals surface area contributed by atoms with Gasteiger partial charge in [-0.3, -0.25) is 9.59 Å². The van der Waals surface area contributed by atoms with Gasteiger partial charge >= 0.3 is 12.1 Å². The van der Waals surface area contributed by atoms with Crippen LogP contribution in [0.4, 0.5) is 30.8 Å². The molecule has 4 N–H and O–H groups in total. The highest BCUT2D eigenvalue weighted by Gasteiger charge is 2.39. The van der Waals surface area contributed by atoms with Crippen molar-refractivity contribution in [2.24, 2.45) is 11.8 Å². The normalized spacial score (nSPS) is 19.2. The summed E-state index contributed by atoms with van der Waals surface area (Å²) in [5, 5.41) is 26.6. The van der Waals surface area contributed by atoms with Gasteiger partial charge in [-0.15, -0.1) is 0 Å². The Bertz CT molecular complexity index is 1670. The minimum atomic E-state index is -4.76. The number of carbonyl (C=O) groups is 3. The minimum Gasteiger partial charge on any atom is -0.478 e. The zero-order valence-corrected chi connectivity index (χ0v) is 28.7. The van der Waals surface area contributed by atoms with Crippen molar-refractivity contribution < 1.29 is 32.7 Å². The molecule has 2 saturated heterocycles. The van der Waals surface area contributed by atoms with Crippen LogP contribution in [0, 0.1) is 23.2 Å². The second-order valence-electron chi connectivity index (χ2n) is 13.2. The summed E-state index contributed by atoms with van der Waals surface area (Å²) in [4.78, 5) is 55.5. The van der Waals surface area contributed by atoms with Gasteiger partial charge < -0.3 is 30.9 Å². The maximum Gasteiger partial charge on any atom is 0.451 e. The van der Waals surface area contributed by atoms with Gasteiger partial charge in [-0.2, -0.15) is 18.4 Å². The Morgan fingerprint density at radius 3 is 2.40 bits per heavy atom. The minimum absolute atomic E-state index is 0.0206. The van der Waals surface area contributed by atoms with Crippen LogP contribution in [0.1, 0.15) is 74.0 Å². The lowest BCUT2D eigenvalue weighted by Gasteiger charge is -2.34. The van der Waals surface area contributed by atoms with Gasteiger partial charge in [-0.25, -0.2) is 24.7 Å². The molecule has 1 aliphatic carbocycles. The number of nitriles is 1. The first kappa shape index (κ1) is 38.0. The van der Waals surface area contributed by atoms with Crippen LogP contribution in [0.3, 0.4) is 0 Å². The highest BCUT2D eigenvalue weighted by Crippen LogP contribution is 2.34. The number of alkyl halides is 3. The fourth-order valence-electron chi connectivity index (χ4n) is 6.63. The highest BCUT2D eigenvalue weighted by atomic mass is 19.4. The maximum absolute atomic E-state index is 14.0. The Morgan fingerprint density at radius 1 is 0.981 bits per heavy atom. The van der Waals surface area contributed by atoms with E-state index in [0.29, 0.717) is 82.9 Å². The van der Waals surface area contributed by atoms with E-state index < -0.39 is 24.0 Å². The molecule has 4 heterocycles. The molecule has 2 fully saturated rings. The molecular formula is C35H43F3N10O4. The van der Waals surface area contributed by atoms with Crippen LogP contribution < -0.4 is 25.8 Å². The van der Waals surface area contributed by atoms with Crippen molar-refractivity contribution in [2.45, 2.75) is 70.0 Å². The van der Waals surface area contributed by atoms with Gasteiger partial charge in [-0.1, -0.05) is 12.2 Å².